The molecule has 0 aliphatic rings. The summed E-state index contributed by atoms with van der Waals surface area (Å²) in [4.78, 5) is 19.4. The molecule has 0 radical (unpaired) electrons. The maximum Gasteiger partial charge on any atom is 0.207 e. The van der Waals surface area contributed by atoms with E-state index in [0.29, 0.717) is 6.41 Å². The zero-order valence-corrected chi connectivity index (χ0v) is 8.39. The van der Waals surface area contributed by atoms with Crippen LogP contribution in [0.1, 0.15) is 27.7 Å². The molecule has 0 unspecified atom stereocenters. The van der Waals surface area contributed by atoms with Crippen molar-refractivity contribution >= 4 is 12.2 Å². The van der Waals surface area contributed by atoms with Crippen LogP contribution in [0.15, 0.2) is 12.7 Å². The van der Waals surface area contributed by atoms with Crippen molar-refractivity contribution < 1.29 is 9.59 Å². The van der Waals surface area contributed by atoms with Crippen molar-refractivity contribution in [3.05, 3.63) is 12.7 Å². The van der Waals surface area contributed by atoms with E-state index in [9.17, 15) is 9.59 Å². The van der Waals surface area contributed by atoms with Crippen LogP contribution in [0.25, 0.3) is 0 Å². The van der Waals surface area contributed by atoms with Crippen LogP contribution in [0, 0.1) is 0 Å². The van der Waals surface area contributed by atoms with Crippen molar-refractivity contribution in [3.8, 4) is 0 Å². The van der Waals surface area contributed by atoms with Gasteiger partial charge in [0.2, 0.25) is 6.41 Å². The van der Waals surface area contributed by atoms with Crippen molar-refractivity contribution in [3.63, 3.8) is 0 Å². The van der Waals surface area contributed by atoms with Crippen molar-refractivity contribution in [2.24, 2.45) is 0 Å². The van der Waals surface area contributed by atoms with E-state index < -0.39 is 0 Å². The smallest absolute Gasteiger partial charge is 0.207 e. The highest BCUT2D eigenvalue weighted by Gasteiger charge is 1.84. The van der Waals surface area contributed by atoms with Crippen LogP contribution in [0.2, 0.25) is 0 Å². The van der Waals surface area contributed by atoms with Gasteiger partial charge in [0.05, 0.1) is 6.54 Å². The van der Waals surface area contributed by atoms with Crippen LogP contribution in [0.5, 0.6) is 0 Å². The number of Topliss-reactive ketones (excluding diaryl/α,β-unsaturated/α-hetero) is 1. The Bertz CT molecular complexity index is 111. The highest BCUT2D eigenvalue weighted by Crippen LogP contribution is 1.57. The summed E-state index contributed by atoms with van der Waals surface area (Å²) in [5.74, 6) is -0.0351. The quantitative estimate of drug-likeness (QED) is 0.520. The maximum absolute atomic E-state index is 9.98. The molecule has 0 heterocycles. The maximum atomic E-state index is 9.98. The van der Waals surface area contributed by atoms with Gasteiger partial charge in [0.15, 0.2) is 0 Å². The SMILES string of the molecule is C=CC.CC.CC(=O)CNC=O. The van der Waals surface area contributed by atoms with E-state index in [2.05, 4.69) is 11.9 Å². The molecule has 0 saturated carbocycles. The predicted molar refractivity (Wildman–Crippen MR) is 52.0 cm³/mol. The molecule has 0 saturated heterocycles. The molecule has 72 valence electrons. The van der Waals surface area contributed by atoms with E-state index in [1.807, 2.05) is 20.8 Å². The fourth-order valence-electron chi connectivity index (χ4n) is 0.185. The van der Waals surface area contributed by atoms with Gasteiger partial charge in [-0.1, -0.05) is 19.9 Å². The average molecular weight is 173 g/mol. The highest BCUT2D eigenvalue weighted by atomic mass is 16.1. The van der Waals surface area contributed by atoms with Gasteiger partial charge in [0.25, 0.3) is 0 Å². The third-order valence-electron chi connectivity index (χ3n) is 0.434. The summed E-state index contributed by atoms with van der Waals surface area (Å²) in [5.41, 5.74) is 0. The third kappa shape index (κ3) is 66.5. The van der Waals surface area contributed by atoms with Crippen LogP contribution in [-0.2, 0) is 9.59 Å². The first kappa shape index (κ1) is 17.1. The fourth-order valence-corrected chi connectivity index (χ4v) is 0.185. The summed E-state index contributed by atoms with van der Waals surface area (Å²) in [6.45, 7) is 10.8. The Kier molecular flexibility index (Phi) is 32.1. The molecular formula is C9H19NO2. The average Bonchev–Trinajstić information content (AvgIpc) is 2.06. The number of carbonyl (C=O) groups is 2. The third-order valence-corrected chi connectivity index (χ3v) is 0.434. The Hall–Kier alpha value is -1.12. The minimum absolute atomic E-state index is 0.0351. The van der Waals surface area contributed by atoms with Crippen molar-refractivity contribution in [1.82, 2.24) is 5.32 Å². The Morgan fingerprint density at radius 2 is 1.83 bits per heavy atom. The minimum Gasteiger partial charge on any atom is -0.352 e. The molecule has 0 aromatic rings. The van der Waals surface area contributed by atoms with Gasteiger partial charge >= 0.3 is 0 Å². The summed E-state index contributed by atoms with van der Waals surface area (Å²) < 4.78 is 0. The molecule has 12 heavy (non-hydrogen) atoms. The Morgan fingerprint density at radius 1 is 1.50 bits per heavy atom. The van der Waals surface area contributed by atoms with E-state index >= 15 is 0 Å². The zero-order chi connectivity index (χ0) is 10.4. The molecule has 0 fully saturated rings. The van der Waals surface area contributed by atoms with E-state index in [1.165, 1.54) is 6.92 Å². The number of allylic oxidation sites excluding steroid dienone is 1. The van der Waals surface area contributed by atoms with Gasteiger partial charge < -0.3 is 5.32 Å². The number of nitrogens with one attached hydrogen (secondary N) is 1. The monoisotopic (exact) mass is 173 g/mol. The number of carbonyl (C=O) groups excluding carboxylic acids is 2. The molecule has 1 N–H and O–H groups in total. The van der Waals surface area contributed by atoms with Crippen LogP contribution in [0.4, 0.5) is 0 Å². The molecular weight excluding hydrogens is 154 g/mol. The van der Waals surface area contributed by atoms with E-state index in [1.54, 1.807) is 6.08 Å². The molecule has 1 amide bonds. The van der Waals surface area contributed by atoms with Gasteiger partial charge in [-0.2, -0.15) is 0 Å². The Morgan fingerprint density at radius 3 is 1.92 bits per heavy atom. The second-order valence-electron chi connectivity index (χ2n) is 1.61. The molecule has 3 nitrogen and oxygen atoms in total. The number of amides is 1. The second-order valence-corrected chi connectivity index (χ2v) is 1.61. The van der Waals surface area contributed by atoms with E-state index in [-0.39, 0.29) is 12.3 Å². The van der Waals surface area contributed by atoms with Crippen LogP contribution < -0.4 is 5.32 Å². The standard InChI is InChI=1S/C4H7NO2.C3H6.C2H6/c1-4(7)2-5-3-6;1-3-2;1-2/h3H,2H2,1H3,(H,5,6);3H,1H2,2H3;1-2H3. The Labute approximate surface area is 74.9 Å². The molecule has 0 bridgehead atoms. The fraction of sp³-hybridized carbons (Fsp3) is 0.556. The number of ketones is 1. The highest BCUT2D eigenvalue weighted by molar-refractivity contribution is 5.79. The van der Waals surface area contributed by atoms with Gasteiger partial charge in [0, 0.05) is 0 Å². The first-order valence-corrected chi connectivity index (χ1v) is 3.92. The lowest BCUT2D eigenvalue weighted by Gasteiger charge is -1.86. The van der Waals surface area contributed by atoms with Crippen molar-refractivity contribution in [2.75, 3.05) is 6.54 Å². The van der Waals surface area contributed by atoms with Crippen LogP contribution >= 0.6 is 0 Å². The molecule has 0 aromatic carbocycles. The lowest BCUT2D eigenvalue weighted by atomic mass is 10.5. The lowest BCUT2D eigenvalue weighted by Crippen LogP contribution is -2.18. The molecule has 0 spiro atoms. The van der Waals surface area contributed by atoms with E-state index in [0.717, 1.165) is 0 Å². The predicted octanol–water partition coefficient (Wildman–Crippen LogP) is 1.54. The second kappa shape index (κ2) is 22.5. The topological polar surface area (TPSA) is 46.2 Å². The summed E-state index contributed by atoms with van der Waals surface area (Å²) >= 11 is 0. The summed E-state index contributed by atoms with van der Waals surface area (Å²) in [6.07, 6.45) is 2.25. The molecule has 0 aliphatic carbocycles. The number of rotatable bonds is 3. The van der Waals surface area contributed by atoms with Crippen molar-refractivity contribution in [2.45, 2.75) is 27.7 Å². The van der Waals surface area contributed by atoms with Crippen LogP contribution in [-0.4, -0.2) is 18.7 Å². The minimum atomic E-state index is -0.0351. The van der Waals surface area contributed by atoms with Gasteiger partial charge in [-0.15, -0.1) is 6.58 Å². The largest absolute Gasteiger partial charge is 0.352 e. The molecule has 0 aromatic heterocycles. The molecule has 3 heteroatoms. The first-order valence-electron chi connectivity index (χ1n) is 3.92. The zero-order valence-electron chi connectivity index (χ0n) is 8.39. The first-order chi connectivity index (χ1) is 5.68. The van der Waals surface area contributed by atoms with Gasteiger partial charge in [-0.25, -0.2) is 0 Å². The van der Waals surface area contributed by atoms with Gasteiger partial charge in [-0.05, 0) is 13.8 Å². The lowest BCUT2D eigenvalue weighted by molar-refractivity contribution is -0.118. The van der Waals surface area contributed by atoms with Crippen molar-refractivity contribution in [1.29, 1.82) is 0 Å². The summed E-state index contributed by atoms with van der Waals surface area (Å²) in [6, 6.07) is 0. The normalized spacial score (nSPS) is 6.00. The number of hydrogen-bond donors (Lipinski definition) is 1. The molecule has 0 aliphatic heterocycles. The van der Waals surface area contributed by atoms with Crippen LogP contribution in [0.3, 0.4) is 0 Å². The number of hydrogen-bond acceptors (Lipinski definition) is 2. The summed E-state index contributed by atoms with van der Waals surface area (Å²) in [7, 11) is 0. The van der Waals surface area contributed by atoms with Gasteiger partial charge in [-0.3, -0.25) is 9.59 Å². The summed E-state index contributed by atoms with van der Waals surface area (Å²) in [5, 5.41) is 2.22. The molecule has 0 rings (SSSR count). The Balaban J connectivity index is -0.000000137. The van der Waals surface area contributed by atoms with Gasteiger partial charge in [0.1, 0.15) is 5.78 Å². The molecule has 0 atom stereocenters. The van der Waals surface area contributed by atoms with E-state index in [4.69, 9.17) is 0 Å².